The Kier molecular flexibility index (Phi) is 6.40. The van der Waals surface area contributed by atoms with Crippen LogP contribution < -0.4 is 10.1 Å². The van der Waals surface area contributed by atoms with E-state index < -0.39 is 0 Å². The molecule has 0 saturated carbocycles. The van der Waals surface area contributed by atoms with E-state index in [0.29, 0.717) is 23.4 Å². The van der Waals surface area contributed by atoms with E-state index in [1.807, 2.05) is 49.6 Å². The van der Waals surface area contributed by atoms with Gasteiger partial charge in [0.1, 0.15) is 10.8 Å². The Morgan fingerprint density at radius 2 is 1.96 bits per heavy atom. The Labute approximate surface area is 165 Å². The van der Waals surface area contributed by atoms with Crippen molar-refractivity contribution >= 4 is 34.1 Å². The van der Waals surface area contributed by atoms with Crippen LogP contribution in [0.3, 0.4) is 0 Å². The summed E-state index contributed by atoms with van der Waals surface area (Å²) in [6.45, 7) is 7.15. The zero-order chi connectivity index (χ0) is 19.2. The number of rotatable bonds is 8. The molecule has 0 bridgehead atoms. The second-order valence-corrected chi connectivity index (χ2v) is 7.60. The number of amides is 1. The molecule has 142 valence electrons. The molecule has 0 fully saturated rings. The van der Waals surface area contributed by atoms with Crippen molar-refractivity contribution in [2.45, 2.75) is 32.5 Å². The first-order valence-corrected chi connectivity index (χ1v) is 10.3. The highest BCUT2D eigenvalue weighted by molar-refractivity contribution is 7.99. The fourth-order valence-electron chi connectivity index (χ4n) is 2.39. The van der Waals surface area contributed by atoms with Crippen molar-refractivity contribution in [1.29, 1.82) is 0 Å². The molecule has 0 unspecified atom stereocenters. The van der Waals surface area contributed by atoms with E-state index in [1.54, 1.807) is 0 Å². The van der Waals surface area contributed by atoms with Gasteiger partial charge in [-0.25, -0.2) is 0 Å². The average Bonchev–Trinajstić information content (AvgIpc) is 3.26. The van der Waals surface area contributed by atoms with E-state index in [9.17, 15) is 4.79 Å². The summed E-state index contributed by atoms with van der Waals surface area (Å²) in [5, 5.41) is 21.1. The predicted molar refractivity (Wildman–Crippen MR) is 106 cm³/mol. The number of carbonyl (C=O) groups excluding carboxylic acids is 1. The molecule has 2 aromatic heterocycles. The first-order valence-electron chi connectivity index (χ1n) is 8.49. The van der Waals surface area contributed by atoms with Gasteiger partial charge < -0.3 is 9.30 Å². The number of hydrogen-bond donors (Lipinski definition) is 1. The third kappa shape index (κ3) is 4.83. The van der Waals surface area contributed by atoms with E-state index in [1.165, 1.54) is 23.1 Å². The van der Waals surface area contributed by atoms with Gasteiger partial charge in [0.05, 0.1) is 12.4 Å². The molecular weight excluding hydrogens is 384 g/mol. The van der Waals surface area contributed by atoms with Crippen molar-refractivity contribution in [1.82, 2.24) is 25.0 Å². The molecule has 2 heterocycles. The average molecular weight is 405 g/mol. The van der Waals surface area contributed by atoms with Gasteiger partial charge in [-0.05, 0) is 45.0 Å². The number of aryl methyl sites for hydroxylation is 1. The summed E-state index contributed by atoms with van der Waals surface area (Å²) in [6.07, 6.45) is 0. The highest BCUT2D eigenvalue weighted by atomic mass is 32.2. The molecule has 3 rings (SSSR count). The van der Waals surface area contributed by atoms with Gasteiger partial charge in [0.15, 0.2) is 11.0 Å². The number of thioether (sulfide) groups is 1. The lowest BCUT2D eigenvalue weighted by molar-refractivity contribution is -0.113. The monoisotopic (exact) mass is 404 g/mol. The normalized spacial score (nSPS) is 10.8. The molecule has 8 nitrogen and oxygen atoms in total. The molecule has 0 spiro atoms. The smallest absolute Gasteiger partial charge is 0.236 e. The molecule has 1 aromatic carbocycles. The molecular formula is C17H20N6O2S2. The molecule has 27 heavy (non-hydrogen) atoms. The summed E-state index contributed by atoms with van der Waals surface area (Å²) in [4.78, 5) is 12.1. The number of nitrogens with one attached hydrogen (secondary N) is 1. The van der Waals surface area contributed by atoms with Crippen LogP contribution in [0.5, 0.6) is 5.75 Å². The number of anilines is 1. The maximum Gasteiger partial charge on any atom is 0.236 e. The van der Waals surface area contributed by atoms with Gasteiger partial charge in [-0.15, -0.1) is 20.4 Å². The Bertz CT molecular complexity index is 907. The molecule has 1 amide bonds. The summed E-state index contributed by atoms with van der Waals surface area (Å²) in [7, 11) is 0. The second-order valence-electron chi connectivity index (χ2n) is 5.47. The minimum atomic E-state index is -0.149. The van der Waals surface area contributed by atoms with Crippen molar-refractivity contribution in [2.75, 3.05) is 17.7 Å². The predicted octanol–water partition coefficient (Wildman–Crippen LogP) is 3.25. The number of aromatic nitrogens is 5. The largest absolute Gasteiger partial charge is 0.494 e. The maximum atomic E-state index is 12.1. The van der Waals surface area contributed by atoms with Crippen LogP contribution in [0.2, 0.25) is 0 Å². The van der Waals surface area contributed by atoms with Crippen LogP contribution in [0.25, 0.3) is 11.4 Å². The fourth-order valence-corrected chi connectivity index (χ4v) is 3.80. The molecule has 0 aliphatic carbocycles. The van der Waals surface area contributed by atoms with Crippen molar-refractivity contribution in [2.24, 2.45) is 0 Å². The standard InChI is InChI=1S/C17H20N6O2S2/c1-4-23-15(12-6-8-13(9-7-12)25-5-2)20-22-17(23)26-10-14(24)18-16-21-19-11(3)27-16/h6-9H,4-5,10H2,1-3H3,(H,18,21,24). The number of hydrogen-bond acceptors (Lipinski definition) is 8. The van der Waals surface area contributed by atoms with Crippen LogP contribution in [-0.2, 0) is 11.3 Å². The van der Waals surface area contributed by atoms with Crippen LogP contribution in [0, 0.1) is 6.92 Å². The zero-order valence-corrected chi connectivity index (χ0v) is 16.9. The lowest BCUT2D eigenvalue weighted by atomic mass is 10.2. The van der Waals surface area contributed by atoms with E-state index >= 15 is 0 Å². The van der Waals surface area contributed by atoms with Crippen LogP contribution in [0.15, 0.2) is 29.4 Å². The van der Waals surface area contributed by atoms with Crippen LogP contribution >= 0.6 is 23.1 Å². The van der Waals surface area contributed by atoms with E-state index in [4.69, 9.17) is 4.74 Å². The highest BCUT2D eigenvalue weighted by Crippen LogP contribution is 2.26. The molecule has 0 saturated heterocycles. The molecule has 3 aromatic rings. The van der Waals surface area contributed by atoms with Gasteiger partial charge in [-0.2, -0.15) is 0 Å². The lowest BCUT2D eigenvalue weighted by Crippen LogP contribution is -2.14. The van der Waals surface area contributed by atoms with Crippen LogP contribution in [0.4, 0.5) is 5.13 Å². The Hall–Kier alpha value is -2.46. The summed E-state index contributed by atoms with van der Waals surface area (Å²) < 4.78 is 7.46. The molecule has 0 aliphatic rings. The van der Waals surface area contributed by atoms with Crippen LogP contribution in [0.1, 0.15) is 18.9 Å². The molecule has 10 heteroatoms. The third-order valence-electron chi connectivity index (χ3n) is 3.56. The van der Waals surface area contributed by atoms with Crippen molar-refractivity contribution in [3.8, 4) is 17.1 Å². The van der Waals surface area contributed by atoms with E-state index in [-0.39, 0.29) is 11.7 Å². The third-order valence-corrected chi connectivity index (χ3v) is 5.28. The SMILES string of the molecule is CCOc1ccc(-c2nnc(SCC(=O)Nc3nnc(C)s3)n2CC)cc1. The number of ether oxygens (including phenoxy) is 1. The quantitative estimate of drug-likeness (QED) is 0.576. The summed E-state index contributed by atoms with van der Waals surface area (Å²) in [5.74, 6) is 1.66. The summed E-state index contributed by atoms with van der Waals surface area (Å²) in [6, 6.07) is 7.75. The van der Waals surface area contributed by atoms with Crippen molar-refractivity contribution in [3.05, 3.63) is 29.3 Å². The molecule has 1 N–H and O–H groups in total. The van der Waals surface area contributed by atoms with Gasteiger partial charge in [0.25, 0.3) is 0 Å². The minimum absolute atomic E-state index is 0.149. The van der Waals surface area contributed by atoms with E-state index in [2.05, 4.69) is 25.7 Å². The Morgan fingerprint density at radius 1 is 1.19 bits per heavy atom. The topological polar surface area (TPSA) is 94.8 Å². The molecule has 0 radical (unpaired) electrons. The Morgan fingerprint density at radius 3 is 2.59 bits per heavy atom. The van der Waals surface area contributed by atoms with Gasteiger partial charge in [0, 0.05) is 12.1 Å². The molecule has 0 aliphatic heterocycles. The lowest BCUT2D eigenvalue weighted by Gasteiger charge is -2.08. The number of carbonyl (C=O) groups is 1. The zero-order valence-electron chi connectivity index (χ0n) is 15.3. The first-order chi connectivity index (χ1) is 13.1. The maximum absolute atomic E-state index is 12.1. The number of nitrogens with zero attached hydrogens (tertiary/aromatic N) is 5. The Balaban J connectivity index is 1.67. The minimum Gasteiger partial charge on any atom is -0.494 e. The van der Waals surface area contributed by atoms with Gasteiger partial charge in [0.2, 0.25) is 11.0 Å². The van der Waals surface area contributed by atoms with Crippen LogP contribution in [-0.4, -0.2) is 43.2 Å². The van der Waals surface area contributed by atoms with Gasteiger partial charge in [-0.1, -0.05) is 23.1 Å². The van der Waals surface area contributed by atoms with Crippen molar-refractivity contribution < 1.29 is 9.53 Å². The summed E-state index contributed by atoms with van der Waals surface area (Å²) in [5.41, 5.74) is 0.952. The number of benzene rings is 1. The second kappa shape index (κ2) is 8.96. The first kappa shape index (κ1) is 19.3. The van der Waals surface area contributed by atoms with Crippen molar-refractivity contribution in [3.63, 3.8) is 0 Å². The fraction of sp³-hybridized carbons (Fsp3) is 0.353. The molecule has 0 atom stereocenters. The van der Waals surface area contributed by atoms with Gasteiger partial charge in [-0.3, -0.25) is 10.1 Å². The highest BCUT2D eigenvalue weighted by Gasteiger charge is 2.15. The van der Waals surface area contributed by atoms with Gasteiger partial charge >= 0.3 is 0 Å². The summed E-state index contributed by atoms with van der Waals surface area (Å²) >= 11 is 2.69. The van der Waals surface area contributed by atoms with E-state index in [0.717, 1.165) is 22.1 Å².